The molecule has 128 valence electrons. The predicted molar refractivity (Wildman–Crippen MR) is 101 cm³/mol. The highest BCUT2D eigenvalue weighted by atomic mass is 79.9. The van der Waals surface area contributed by atoms with Crippen molar-refractivity contribution < 1.29 is 9.59 Å². The van der Waals surface area contributed by atoms with Gasteiger partial charge in [-0.3, -0.25) is 4.79 Å². The molecule has 0 saturated carbocycles. The average molecular weight is 400 g/mol. The van der Waals surface area contributed by atoms with E-state index < -0.39 is 6.04 Å². The van der Waals surface area contributed by atoms with E-state index in [1.54, 1.807) is 6.92 Å². The third-order valence-electron chi connectivity index (χ3n) is 4.11. The van der Waals surface area contributed by atoms with Crippen LogP contribution in [0.25, 0.3) is 0 Å². The van der Waals surface area contributed by atoms with E-state index in [1.165, 1.54) is 0 Å². The van der Waals surface area contributed by atoms with Gasteiger partial charge in [0.15, 0.2) is 0 Å². The molecule has 2 aromatic rings. The fourth-order valence-electron chi connectivity index (χ4n) is 2.80. The molecule has 0 spiro atoms. The Morgan fingerprint density at radius 1 is 1.08 bits per heavy atom. The largest absolute Gasteiger partial charge is 0.327 e. The van der Waals surface area contributed by atoms with Crippen molar-refractivity contribution in [3.63, 3.8) is 0 Å². The van der Waals surface area contributed by atoms with E-state index in [0.717, 1.165) is 21.3 Å². The molecule has 3 rings (SSSR count). The SMILES string of the molecule is CC1=C(C(=O)Nc2ccccc2C)[C@@H](c2ccc(Br)cc2)NC(=O)N1. The van der Waals surface area contributed by atoms with E-state index in [-0.39, 0.29) is 11.9 Å². The number of hydrogen-bond acceptors (Lipinski definition) is 2. The number of rotatable bonds is 3. The summed E-state index contributed by atoms with van der Waals surface area (Å²) < 4.78 is 0.933. The second-order valence-electron chi connectivity index (χ2n) is 5.89. The molecule has 0 unspecified atom stereocenters. The molecule has 3 N–H and O–H groups in total. The zero-order valence-electron chi connectivity index (χ0n) is 13.9. The Morgan fingerprint density at radius 2 is 1.76 bits per heavy atom. The number of aryl methyl sites for hydroxylation is 1. The van der Waals surface area contributed by atoms with Gasteiger partial charge in [-0.05, 0) is 43.2 Å². The molecule has 0 fully saturated rings. The summed E-state index contributed by atoms with van der Waals surface area (Å²) in [5, 5.41) is 8.45. The van der Waals surface area contributed by atoms with Crippen LogP contribution in [0.15, 0.2) is 64.3 Å². The van der Waals surface area contributed by atoms with Crippen molar-refractivity contribution in [2.75, 3.05) is 5.32 Å². The molecule has 1 atom stereocenters. The lowest BCUT2D eigenvalue weighted by atomic mass is 9.95. The highest BCUT2D eigenvalue weighted by Gasteiger charge is 2.31. The number of halogens is 1. The molecule has 6 heteroatoms. The van der Waals surface area contributed by atoms with Crippen LogP contribution < -0.4 is 16.0 Å². The molecular weight excluding hydrogens is 382 g/mol. The highest BCUT2D eigenvalue weighted by molar-refractivity contribution is 9.10. The van der Waals surface area contributed by atoms with E-state index in [9.17, 15) is 9.59 Å². The summed E-state index contributed by atoms with van der Waals surface area (Å²) in [7, 11) is 0. The highest BCUT2D eigenvalue weighted by Crippen LogP contribution is 2.29. The molecule has 5 nitrogen and oxygen atoms in total. The quantitative estimate of drug-likeness (QED) is 0.728. The van der Waals surface area contributed by atoms with Gasteiger partial charge in [0.05, 0.1) is 11.6 Å². The molecule has 0 saturated heterocycles. The Bertz CT molecular complexity index is 859. The van der Waals surface area contributed by atoms with Crippen molar-refractivity contribution >= 4 is 33.6 Å². The first-order valence-corrected chi connectivity index (χ1v) is 8.65. The monoisotopic (exact) mass is 399 g/mol. The van der Waals surface area contributed by atoms with Crippen molar-refractivity contribution in [2.24, 2.45) is 0 Å². The maximum absolute atomic E-state index is 12.9. The van der Waals surface area contributed by atoms with Crippen LogP contribution >= 0.6 is 15.9 Å². The van der Waals surface area contributed by atoms with E-state index >= 15 is 0 Å². The molecule has 1 aliphatic heterocycles. The van der Waals surface area contributed by atoms with Crippen LogP contribution in [0.5, 0.6) is 0 Å². The molecule has 0 bridgehead atoms. The lowest BCUT2D eigenvalue weighted by Gasteiger charge is -2.28. The van der Waals surface area contributed by atoms with E-state index in [0.29, 0.717) is 11.3 Å². The molecule has 2 aromatic carbocycles. The Balaban J connectivity index is 1.96. The summed E-state index contributed by atoms with van der Waals surface area (Å²) in [6, 6.07) is 14.3. The van der Waals surface area contributed by atoms with Crippen molar-refractivity contribution in [3.05, 3.63) is 75.4 Å². The molecule has 0 aliphatic carbocycles. The van der Waals surface area contributed by atoms with Crippen molar-refractivity contribution in [1.82, 2.24) is 10.6 Å². The van der Waals surface area contributed by atoms with Gasteiger partial charge in [0.2, 0.25) is 0 Å². The van der Waals surface area contributed by atoms with Gasteiger partial charge in [0.25, 0.3) is 5.91 Å². The first-order chi connectivity index (χ1) is 12.0. The van der Waals surface area contributed by atoms with Crippen LogP contribution in [0.4, 0.5) is 10.5 Å². The number of para-hydroxylation sites is 1. The normalized spacial score (nSPS) is 16.9. The molecule has 1 heterocycles. The minimum atomic E-state index is -0.508. The number of allylic oxidation sites excluding steroid dienone is 1. The van der Waals surface area contributed by atoms with Crippen LogP contribution in [-0.2, 0) is 4.79 Å². The first-order valence-electron chi connectivity index (χ1n) is 7.86. The summed E-state index contributed by atoms with van der Waals surface area (Å²) in [6.07, 6.45) is 0. The van der Waals surface area contributed by atoms with Gasteiger partial charge in [0, 0.05) is 15.9 Å². The van der Waals surface area contributed by atoms with Crippen LogP contribution in [-0.4, -0.2) is 11.9 Å². The third kappa shape index (κ3) is 3.74. The van der Waals surface area contributed by atoms with Crippen LogP contribution in [0.2, 0.25) is 0 Å². The Kier molecular flexibility index (Phi) is 4.90. The number of carbonyl (C=O) groups is 2. The number of anilines is 1. The van der Waals surface area contributed by atoms with Gasteiger partial charge in [-0.15, -0.1) is 0 Å². The fourth-order valence-corrected chi connectivity index (χ4v) is 3.07. The van der Waals surface area contributed by atoms with Crippen LogP contribution in [0.3, 0.4) is 0 Å². The minimum Gasteiger partial charge on any atom is -0.327 e. The summed E-state index contributed by atoms with van der Waals surface area (Å²) in [6.45, 7) is 3.67. The fraction of sp³-hybridized carbons (Fsp3) is 0.158. The van der Waals surface area contributed by atoms with E-state index in [4.69, 9.17) is 0 Å². The molecule has 3 amide bonds. The molecule has 25 heavy (non-hydrogen) atoms. The van der Waals surface area contributed by atoms with Gasteiger partial charge in [0.1, 0.15) is 0 Å². The lowest BCUT2D eigenvalue weighted by molar-refractivity contribution is -0.113. The summed E-state index contributed by atoms with van der Waals surface area (Å²) >= 11 is 3.40. The maximum atomic E-state index is 12.9. The van der Waals surface area contributed by atoms with Gasteiger partial charge in [-0.2, -0.15) is 0 Å². The van der Waals surface area contributed by atoms with E-state index in [1.807, 2.05) is 55.5 Å². The van der Waals surface area contributed by atoms with Gasteiger partial charge in [-0.25, -0.2) is 4.79 Å². The zero-order chi connectivity index (χ0) is 18.0. The molecule has 0 radical (unpaired) electrons. The molecule has 1 aliphatic rings. The van der Waals surface area contributed by atoms with Gasteiger partial charge < -0.3 is 16.0 Å². The molecular formula is C19H18BrN3O2. The van der Waals surface area contributed by atoms with Crippen LogP contribution in [0.1, 0.15) is 24.1 Å². The summed E-state index contributed by atoms with van der Waals surface area (Å²) in [5.74, 6) is -0.243. The lowest BCUT2D eigenvalue weighted by Crippen LogP contribution is -2.46. The topological polar surface area (TPSA) is 70.2 Å². The number of carbonyl (C=O) groups excluding carboxylic acids is 2. The number of urea groups is 1. The number of nitrogens with one attached hydrogen (secondary N) is 3. The first kappa shape index (κ1) is 17.2. The number of hydrogen-bond donors (Lipinski definition) is 3. The third-order valence-corrected chi connectivity index (χ3v) is 4.64. The second kappa shape index (κ2) is 7.11. The van der Waals surface area contributed by atoms with Crippen LogP contribution in [0, 0.1) is 6.92 Å². The maximum Gasteiger partial charge on any atom is 0.319 e. The van der Waals surface area contributed by atoms with Gasteiger partial charge in [-0.1, -0.05) is 46.3 Å². The van der Waals surface area contributed by atoms with E-state index in [2.05, 4.69) is 31.9 Å². The van der Waals surface area contributed by atoms with Crippen molar-refractivity contribution in [2.45, 2.75) is 19.9 Å². The zero-order valence-corrected chi connectivity index (χ0v) is 15.5. The predicted octanol–water partition coefficient (Wildman–Crippen LogP) is 4.02. The Labute approximate surface area is 154 Å². The van der Waals surface area contributed by atoms with Gasteiger partial charge >= 0.3 is 6.03 Å². The Morgan fingerprint density at radius 3 is 2.44 bits per heavy atom. The minimum absolute atomic E-state index is 0.243. The second-order valence-corrected chi connectivity index (χ2v) is 6.81. The average Bonchev–Trinajstić information content (AvgIpc) is 2.57. The number of amides is 3. The Hall–Kier alpha value is -2.60. The summed E-state index contributed by atoms with van der Waals surface area (Å²) in [4.78, 5) is 24.8. The summed E-state index contributed by atoms with van der Waals surface area (Å²) in [5.41, 5.74) is 3.60. The standard InChI is InChI=1S/C19H18BrN3O2/c1-11-5-3-4-6-15(11)22-18(24)16-12(2)21-19(25)23-17(16)13-7-9-14(20)10-8-13/h3-10,17H,1-2H3,(H,22,24)(H2,21,23,25)/t17-/m1/s1. The number of benzene rings is 2. The smallest absolute Gasteiger partial charge is 0.319 e. The van der Waals surface area contributed by atoms with Crippen molar-refractivity contribution in [3.8, 4) is 0 Å². The molecule has 0 aromatic heterocycles. The van der Waals surface area contributed by atoms with Crippen molar-refractivity contribution in [1.29, 1.82) is 0 Å².